The molecule has 0 aromatic heterocycles. The van der Waals surface area contributed by atoms with E-state index in [1.165, 1.54) is 13.0 Å². The first-order valence-electron chi connectivity index (χ1n) is 3.50. The molecule has 3 N–H and O–H groups in total. The van der Waals surface area contributed by atoms with Crippen molar-refractivity contribution in [1.29, 1.82) is 0 Å². The maximum atomic E-state index is 10.9. The molecule has 13 heavy (non-hydrogen) atoms. The summed E-state index contributed by atoms with van der Waals surface area (Å²) in [5, 5.41) is 2.33. The fraction of sp³-hybridized carbons (Fsp3) is 0.250. The van der Waals surface area contributed by atoms with E-state index in [1.807, 2.05) is 0 Å². The Morgan fingerprint density at radius 2 is 2.08 bits per heavy atom. The number of nitrogens with one attached hydrogen (secondary N) is 1. The number of rotatable bonds is 4. The molecule has 5 nitrogen and oxygen atoms in total. The smallest absolute Gasteiger partial charge is 0.406 e. The van der Waals surface area contributed by atoms with Crippen LogP contribution in [0.15, 0.2) is 25.3 Å². The fourth-order valence-electron chi connectivity index (χ4n) is 0.623. The molecule has 2 amide bonds. The van der Waals surface area contributed by atoms with Gasteiger partial charge in [-0.25, -0.2) is 4.79 Å². The van der Waals surface area contributed by atoms with Gasteiger partial charge in [0, 0.05) is 0 Å². The van der Waals surface area contributed by atoms with E-state index in [2.05, 4.69) is 23.2 Å². The summed E-state index contributed by atoms with van der Waals surface area (Å²) in [6, 6.07) is 0. The predicted octanol–water partition coefficient (Wildman–Crippen LogP) is 0.286. The quantitative estimate of drug-likeness (QED) is 0.374. The van der Waals surface area contributed by atoms with Crippen LogP contribution >= 0.6 is 0 Å². The maximum absolute atomic E-state index is 10.9. The van der Waals surface area contributed by atoms with Crippen LogP contribution in [0.4, 0.5) is 4.79 Å². The van der Waals surface area contributed by atoms with E-state index in [1.54, 1.807) is 0 Å². The normalized spacial score (nSPS) is 13.6. The van der Waals surface area contributed by atoms with Gasteiger partial charge in [0.25, 0.3) is 0 Å². The average molecular weight is 184 g/mol. The van der Waals surface area contributed by atoms with Crippen LogP contribution in [-0.2, 0) is 9.53 Å². The van der Waals surface area contributed by atoms with Crippen molar-refractivity contribution in [3.63, 3.8) is 0 Å². The van der Waals surface area contributed by atoms with Crippen LogP contribution in [0, 0.1) is 0 Å². The van der Waals surface area contributed by atoms with Gasteiger partial charge in [0.2, 0.25) is 11.6 Å². The largest absolute Gasteiger partial charge is 0.420 e. The van der Waals surface area contributed by atoms with Crippen molar-refractivity contribution >= 4 is 12.0 Å². The summed E-state index contributed by atoms with van der Waals surface area (Å²) in [5.74, 6) is -0.483. The first-order chi connectivity index (χ1) is 5.93. The standard InChI is InChI=1S/C8H12N2O3/c1-4-6(11)10-8(3,5-2)13-7(9)12/h4-5H,1-2H2,3H3,(H2,9,12)(H,10,11). The molecule has 0 aromatic rings. The average Bonchev–Trinajstić information content (AvgIpc) is 2.02. The Balaban J connectivity index is 4.44. The van der Waals surface area contributed by atoms with Crippen LogP contribution in [0.2, 0.25) is 0 Å². The van der Waals surface area contributed by atoms with Crippen molar-refractivity contribution < 1.29 is 14.3 Å². The summed E-state index contributed by atoms with van der Waals surface area (Å²) >= 11 is 0. The number of ether oxygens (including phenoxy) is 1. The highest BCUT2D eigenvalue weighted by molar-refractivity contribution is 5.87. The van der Waals surface area contributed by atoms with Crippen molar-refractivity contribution in [1.82, 2.24) is 5.32 Å². The fourth-order valence-corrected chi connectivity index (χ4v) is 0.623. The summed E-state index contributed by atoms with van der Waals surface area (Å²) in [4.78, 5) is 21.3. The van der Waals surface area contributed by atoms with E-state index >= 15 is 0 Å². The minimum absolute atomic E-state index is 0.483. The van der Waals surface area contributed by atoms with Gasteiger partial charge in [0.05, 0.1) is 0 Å². The molecular weight excluding hydrogens is 172 g/mol. The van der Waals surface area contributed by atoms with Crippen molar-refractivity contribution in [3.05, 3.63) is 25.3 Å². The molecule has 0 bridgehead atoms. The highest BCUT2D eigenvalue weighted by Gasteiger charge is 2.24. The summed E-state index contributed by atoms with van der Waals surface area (Å²) < 4.78 is 4.60. The molecule has 0 aliphatic rings. The summed E-state index contributed by atoms with van der Waals surface area (Å²) in [7, 11) is 0. The van der Waals surface area contributed by atoms with Crippen LogP contribution in [0.3, 0.4) is 0 Å². The molecule has 0 radical (unpaired) electrons. The van der Waals surface area contributed by atoms with Crippen LogP contribution in [-0.4, -0.2) is 17.7 Å². The number of hydrogen-bond donors (Lipinski definition) is 2. The molecule has 5 heteroatoms. The minimum atomic E-state index is -1.29. The predicted molar refractivity (Wildman–Crippen MR) is 47.6 cm³/mol. The van der Waals surface area contributed by atoms with E-state index in [0.29, 0.717) is 0 Å². The topological polar surface area (TPSA) is 81.4 Å². The summed E-state index contributed by atoms with van der Waals surface area (Å²) in [5.41, 5.74) is 3.49. The Morgan fingerprint density at radius 1 is 1.54 bits per heavy atom. The third kappa shape index (κ3) is 3.95. The Hall–Kier alpha value is -1.78. The zero-order valence-electron chi connectivity index (χ0n) is 7.37. The number of hydrogen-bond acceptors (Lipinski definition) is 3. The van der Waals surface area contributed by atoms with Gasteiger partial charge < -0.3 is 15.8 Å². The second-order valence-electron chi connectivity index (χ2n) is 2.43. The van der Waals surface area contributed by atoms with E-state index in [-0.39, 0.29) is 0 Å². The van der Waals surface area contributed by atoms with Gasteiger partial charge >= 0.3 is 6.09 Å². The van der Waals surface area contributed by atoms with E-state index in [9.17, 15) is 9.59 Å². The molecule has 0 saturated carbocycles. The van der Waals surface area contributed by atoms with Crippen molar-refractivity contribution in [2.75, 3.05) is 0 Å². The lowest BCUT2D eigenvalue weighted by molar-refractivity contribution is -0.121. The monoisotopic (exact) mass is 184 g/mol. The SMILES string of the molecule is C=CC(=O)NC(C)(C=C)OC(N)=O. The molecule has 72 valence electrons. The Morgan fingerprint density at radius 3 is 2.38 bits per heavy atom. The first-order valence-corrected chi connectivity index (χ1v) is 3.50. The Labute approximate surface area is 76.2 Å². The lowest BCUT2D eigenvalue weighted by atomic mass is 10.2. The lowest BCUT2D eigenvalue weighted by Gasteiger charge is -2.25. The zero-order valence-corrected chi connectivity index (χ0v) is 7.37. The highest BCUT2D eigenvalue weighted by Crippen LogP contribution is 2.06. The summed E-state index contributed by atoms with van der Waals surface area (Å²) in [6.45, 7) is 8.07. The number of carbonyl (C=O) groups is 2. The molecule has 0 heterocycles. The van der Waals surface area contributed by atoms with Gasteiger partial charge in [-0.3, -0.25) is 4.79 Å². The summed E-state index contributed by atoms with van der Waals surface area (Å²) in [6.07, 6.45) is 1.30. The molecule has 0 aliphatic carbocycles. The van der Waals surface area contributed by atoms with Crippen LogP contribution in [0.1, 0.15) is 6.92 Å². The molecule has 0 aromatic carbocycles. The number of nitrogens with two attached hydrogens (primary N) is 1. The molecule has 0 fully saturated rings. The first kappa shape index (κ1) is 11.2. The van der Waals surface area contributed by atoms with Crippen molar-refractivity contribution in [2.45, 2.75) is 12.6 Å². The zero-order chi connectivity index (χ0) is 10.5. The third-order valence-electron chi connectivity index (χ3n) is 1.26. The van der Waals surface area contributed by atoms with E-state index in [0.717, 1.165) is 6.08 Å². The molecule has 0 spiro atoms. The molecule has 0 rings (SSSR count). The van der Waals surface area contributed by atoms with E-state index < -0.39 is 17.7 Å². The second kappa shape index (κ2) is 4.30. The molecule has 0 aliphatic heterocycles. The van der Waals surface area contributed by atoms with Crippen molar-refractivity contribution in [3.8, 4) is 0 Å². The van der Waals surface area contributed by atoms with Gasteiger partial charge in [0.15, 0.2) is 0 Å². The molecule has 0 saturated heterocycles. The van der Waals surface area contributed by atoms with E-state index in [4.69, 9.17) is 5.73 Å². The van der Waals surface area contributed by atoms with Crippen LogP contribution in [0.5, 0.6) is 0 Å². The molecule has 1 unspecified atom stereocenters. The van der Waals surface area contributed by atoms with Crippen molar-refractivity contribution in [2.24, 2.45) is 5.73 Å². The van der Waals surface area contributed by atoms with Crippen LogP contribution in [0.25, 0.3) is 0 Å². The number of amides is 2. The lowest BCUT2D eigenvalue weighted by Crippen LogP contribution is -2.48. The van der Waals surface area contributed by atoms with Gasteiger partial charge in [0.1, 0.15) is 0 Å². The maximum Gasteiger partial charge on any atom is 0.406 e. The van der Waals surface area contributed by atoms with Gasteiger partial charge in [-0.2, -0.15) is 0 Å². The highest BCUT2D eigenvalue weighted by atomic mass is 16.6. The van der Waals surface area contributed by atoms with Gasteiger partial charge in [-0.1, -0.05) is 13.2 Å². The van der Waals surface area contributed by atoms with Gasteiger partial charge in [-0.05, 0) is 19.1 Å². The number of primary amides is 1. The molecular formula is C8H12N2O3. The number of carbonyl (C=O) groups excluding carboxylic acids is 2. The second-order valence-corrected chi connectivity index (χ2v) is 2.43. The Kier molecular flexibility index (Phi) is 3.71. The van der Waals surface area contributed by atoms with Crippen LogP contribution < -0.4 is 11.1 Å². The Bertz CT molecular complexity index is 250. The van der Waals surface area contributed by atoms with Gasteiger partial charge in [-0.15, -0.1) is 0 Å². The minimum Gasteiger partial charge on any atom is -0.420 e. The molecule has 1 atom stereocenters. The third-order valence-corrected chi connectivity index (χ3v) is 1.26.